The molecule has 5 heteroatoms. The lowest BCUT2D eigenvalue weighted by Crippen LogP contribution is -2.16. The van der Waals surface area contributed by atoms with Crippen LogP contribution < -0.4 is 5.32 Å². The monoisotopic (exact) mass is 298 g/mol. The Morgan fingerprint density at radius 2 is 2.24 bits per heavy atom. The highest BCUT2D eigenvalue weighted by Gasteiger charge is 2.03. The zero-order valence-corrected chi connectivity index (χ0v) is 12.8. The van der Waals surface area contributed by atoms with Crippen molar-refractivity contribution in [2.45, 2.75) is 18.6 Å². The molecule has 2 N–H and O–H groups in total. The molecule has 0 aliphatic rings. The Hall–Kier alpha value is -1.85. The first kappa shape index (κ1) is 14.1. The Balaban J connectivity index is 1.46. The van der Waals surface area contributed by atoms with Gasteiger partial charge in [-0.3, -0.25) is 4.98 Å². The molecule has 0 unspecified atom stereocenters. The Morgan fingerprint density at radius 1 is 1.29 bits per heavy atom. The smallest absolute Gasteiger partial charge is 0.166 e. The van der Waals surface area contributed by atoms with Gasteiger partial charge in [-0.25, -0.2) is 4.98 Å². The van der Waals surface area contributed by atoms with E-state index < -0.39 is 0 Å². The molecule has 0 saturated carbocycles. The summed E-state index contributed by atoms with van der Waals surface area (Å²) in [6.45, 7) is 3.89. The van der Waals surface area contributed by atoms with Crippen molar-refractivity contribution < 1.29 is 0 Å². The van der Waals surface area contributed by atoms with Crippen molar-refractivity contribution in [2.75, 3.05) is 12.3 Å². The van der Waals surface area contributed by atoms with Gasteiger partial charge in [0.25, 0.3) is 0 Å². The molecule has 0 bridgehead atoms. The molecule has 0 saturated heterocycles. The van der Waals surface area contributed by atoms with Crippen molar-refractivity contribution in [3.05, 3.63) is 53.9 Å². The van der Waals surface area contributed by atoms with Crippen molar-refractivity contribution in [1.29, 1.82) is 0 Å². The van der Waals surface area contributed by atoms with Crippen molar-refractivity contribution >= 4 is 22.8 Å². The van der Waals surface area contributed by atoms with E-state index in [1.807, 2.05) is 12.3 Å². The van der Waals surface area contributed by atoms with Gasteiger partial charge in [0.1, 0.15) is 0 Å². The molecule has 0 atom stereocenters. The van der Waals surface area contributed by atoms with Crippen LogP contribution in [0.3, 0.4) is 0 Å². The first-order valence-electron chi connectivity index (χ1n) is 7.00. The van der Waals surface area contributed by atoms with Crippen LogP contribution in [0.1, 0.15) is 11.1 Å². The quantitative estimate of drug-likeness (QED) is 0.542. The van der Waals surface area contributed by atoms with Crippen LogP contribution in [0, 0.1) is 6.92 Å². The van der Waals surface area contributed by atoms with Crippen LogP contribution >= 0.6 is 11.8 Å². The maximum Gasteiger partial charge on any atom is 0.166 e. The molecule has 0 aliphatic carbocycles. The fraction of sp³-hybridized carbons (Fsp3) is 0.250. The number of rotatable bonds is 6. The predicted molar refractivity (Wildman–Crippen MR) is 87.5 cm³/mol. The summed E-state index contributed by atoms with van der Waals surface area (Å²) in [4.78, 5) is 12.0. The second-order valence-electron chi connectivity index (χ2n) is 4.95. The third kappa shape index (κ3) is 3.83. The third-order valence-corrected chi connectivity index (χ3v) is 4.06. The maximum atomic E-state index is 4.58. The molecule has 2 heterocycles. The highest BCUT2D eigenvalue weighted by Crippen LogP contribution is 2.19. The number of nitrogens with one attached hydrogen (secondary N) is 2. The van der Waals surface area contributed by atoms with Crippen LogP contribution in [-0.2, 0) is 6.54 Å². The molecule has 0 spiro atoms. The van der Waals surface area contributed by atoms with Crippen molar-refractivity contribution in [2.24, 2.45) is 0 Å². The van der Waals surface area contributed by atoms with Crippen molar-refractivity contribution in [3.8, 4) is 0 Å². The molecule has 21 heavy (non-hydrogen) atoms. The molecule has 3 aromatic rings. The van der Waals surface area contributed by atoms with E-state index in [1.165, 1.54) is 11.1 Å². The van der Waals surface area contributed by atoms with E-state index in [1.54, 1.807) is 18.0 Å². The number of fused-ring (bicyclic) bond motifs is 1. The third-order valence-electron chi connectivity index (χ3n) is 3.19. The van der Waals surface area contributed by atoms with Gasteiger partial charge in [-0.2, -0.15) is 0 Å². The van der Waals surface area contributed by atoms with Crippen LogP contribution in [0.25, 0.3) is 11.0 Å². The summed E-state index contributed by atoms with van der Waals surface area (Å²) in [6, 6.07) is 10.3. The van der Waals surface area contributed by atoms with Gasteiger partial charge >= 0.3 is 0 Å². The summed E-state index contributed by atoms with van der Waals surface area (Å²) in [7, 11) is 0. The van der Waals surface area contributed by atoms with Crippen molar-refractivity contribution in [1.82, 2.24) is 20.3 Å². The molecule has 0 radical (unpaired) electrons. The Labute approximate surface area is 128 Å². The van der Waals surface area contributed by atoms with E-state index in [9.17, 15) is 0 Å². The molecule has 108 valence electrons. The maximum absolute atomic E-state index is 4.58. The van der Waals surface area contributed by atoms with Crippen LogP contribution in [0.4, 0.5) is 0 Å². The molecule has 0 fully saturated rings. The number of aromatic nitrogens is 3. The molecule has 4 nitrogen and oxygen atoms in total. The summed E-state index contributed by atoms with van der Waals surface area (Å²) in [6.07, 6.45) is 3.68. The predicted octanol–water partition coefficient (Wildman–Crippen LogP) is 3.15. The van der Waals surface area contributed by atoms with Gasteiger partial charge in [-0.1, -0.05) is 23.9 Å². The van der Waals surface area contributed by atoms with Crippen molar-refractivity contribution in [3.63, 3.8) is 0 Å². The first-order chi connectivity index (χ1) is 10.3. The van der Waals surface area contributed by atoms with E-state index in [2.05, 4.69) is 51.5 Å². The number of thioether (sulfide) groups is 1. The lowest BCUT2D eigenvalue weighted by atomic mass is 10.2. The van der Waals surface area contributed by atoms with Crippen LogP contribution in [0.2, 0.25) is 0 Å². The number of H-pyrrole nitrogens is 1. The molecule has 3 rings (SSSR count). The highest BCUT2D eigenvalue weighted by atomic mass is 32.2. The Morgan fingerprint density at radius 3 is 3.10 bits per heavy atom. The lowest BCUT2D eigenvalue weighted by Gasteiger charge is -2.03. The lowest BCUT2D eigenvalue weighted by molar-refractivity contribution is 0.729. The Kier molecular flexibility index (Phi) is 4.52. The van der Waals surface area contributed by atoms with Crippen LogP contribution in [0.15, 0.2) is 47.9 Å². The normalized spacial score (nSPS) is 11.1. The molecule has 2 aromatic heterocycles. The molecule has 1 aromatic carbocycles. The minimum absolute atomic E-state index is 0.855. The number of aryl methyl sites for hydroxylation is 1. The number of benzene rings is 1. The van der Waals surface area contributed by atoms with Gasteiger partial charge in [0, 0.05) is 31.2 Å². The number of hydrogen-bond acceptors (Lipinski definition) is 4. The van der Waals surface area contributed by atoms with Gasteiger partial charge in [0.05, 0.1) is 11.0 Å². The standard InChI is InChI=1S/C16H18N4S/c1-12-4-5-14-15(9-12)20-16(19-14)21-8-7-18-11-13-3-2-6-17-10-13/h2-6,9-10,18H,7-8,11H2,1H3,(H,19,20). The molecule has 0 amide bonds. The van der Waals surface area contributed by atoms with Crippen LogP contribution in [-0.4, -0.2) is 27.2 Å². The summed E-state index contributed by atoms with van der Waals surface area (Å²) < 4.78 is 0. The minimum atomic E-state index is 0.855. The summed E-state index contributed by atoms with van der Waals surface area (Å²) in [5.41, 5.74) is 4.61. The summed E-state index contributed by atoms with van der Waals surface area (Å²) in [5, 5.41) is 4.40. The minimum Gasteiger partial charge on any atom is -0.333 e. The number of imidazole rings is 1. The van der Waals surface area contributed by atoms with Gasteiger partial charge in [0.2, 0.25) is 0 Å². The second kappa shape index (κ2) is 6.74. The summed E-state index contributed by atoms with van der Waals surface area (Å²) >= 11 is 1.74. The Bertz CT molecular complexity index is 709. The zero-order chi connectivity index (χ0) is 14.5. The molecular weight excluding hydrogens is 280 g/mol. The second-order valence-corrected chi connectivity index (χ2v) is 6.03. The largest absolute Gasteiger partial charge is 0.333 e. The van der Waals surface area contributed by atoms with E-state index in [0.29, 0.717) is 0 Å². The van der Waals surface area contributed by atoms with Crippen LogP contribution in [0.5, 0.6) is 0 Å². The fourth-order valence-corrected chi connectivity index (χ4v) is 2.91. The number of nitrogens with zero attached hydrogens (tertiary/aromatic N) is 2. The number of hydrogen-bond donors (Lipinski definition) is 2. The zero-order valence-electron chi connectivity index (χ0n) is 12.0. The molecule has 0 aliphatic heterocycles. The van der Waals surface area contributed by atoms with E-state index >= 15 is 0 Å². The highest BCUT2D eigenvalue weighted by molar-refractivity contribution is 7.99. The fourth-order valence-electron chi connectivity index (χ4n) is 2.12. The first-order valence-corrected chi connectivity index (χ1v) is 7.98. The molecular formula is C16H18N4S. The summed E-state index contributed by atoms with van der Waals surface area (Å²) in [5.74, 6) is 0.985. The number of aromatic amines is 1. The topological polar surface area (TPSA) is 53.6 Å². The van der Waals surface area contributed by atoms with E-state index in [-0.39, 0.29) is 0 Å². The van der Waals surface area contributed by atoms with E-state index in [0.717, 1.165) is 35.0 Å². The number of pyridine rings is 1. The van der Waals surface area contributed by atoms with Gasteiger partial charge in [0.15, 0.2) is 5.16 Å². The van der Waals surface area contributed by atoms with E-state index in [4.69, 9.17) is 0 Å². The SMILES string of the molecule is Cc1ccc2nc(SCCNCc3cccnc3)[nH]c2c1. The van der Waals surface area contributed by atoms with Gasteiger partial charge in [-0.05, 0) is 36.2 Å². The van der Waals surface area contributed by atoms with Gasteiger partial charge < -0.3 is 10.3 Å². The average Bonchev–Trinajstić information content (AvgIpc) is 2.90. The average molecular weight is 298 g/mol. The van der Waals surface area contributed by atoms with Gasteiger partial charge in [-0.15, -0.1) is 0 Å².